The smallest absolute Gasteiger partial charge is 0.335 e. The highest BCUT2D eigenvalue weighted by Crippen LogP contribution is 2.22. The molecule has 10 heteroatoms. The van der Waals surface area contributed by atoms with Crippen LogP contribution < -0.4 is 0 Å². The van der Waals surface area contributed by atoms with E-state index in [9.17, 15) is 35.1 Å². The first-order valence-electron chi connectivity index (χ1n) is 10.9. The van der Waals surface area contributed by atoms with Crippen LogP contribution in [-0.4, -0.2) is 85.5 Å². The van der Waals surface area contributed by atoms with Crippen molar-refractivity contribution in [2.24, 2.45) is 5.92 Å². The summed E-state index contributed by atoms with van der Waals surface area (Å²) < 4.78 is 9.74. The van der Waals surface area contributed by atoms with Crippen LogP contribution in [0.15, 0.2) is 35.5 Å². The van der Waals surface area contributed by atoms with Crippen molar-refractivity contribution >= 4 is 11.9 Å². The maximum atomic E-state index is 12.0. The maximum absolute atomic E-state index is 12.0. The zero-order valence-electron chi connectivity index (χ0n) is 19.4. The molecule has 188 valence electrons. The number of hydrogen-bond donors (Lipinski definition) is 6. The molecule has 0 saturated carbocycles. The third kappa shape index (κ3) is 9.36. The summed E-state index contributed by atoms with van der Waals surface area (Å²) in [6.07, 6.45) is -2.31. The Morgan fingerprint density at radius 3 is 2.21 bits per heavy atom. The van der Waals surface area contributed by atoms with E-state index in [-0.39, 0.29) is 12.0 Å². The molecular weight excluding hydrogens is 436 g/mol. The van der Waals surface area contributed by atoms with E-state index in [4.69, 9.17) is 14.6 Å². The SMILES string of the molecule is CC(C=CC(=O)OC1OC(C(=O)O)C(O)C(O)C1O)=CCC(O)C(C)=CCCC(C)C(C)O. The summed E-state index contributed by atoms with van der Waals surface area (Å²) in [5.41, 5.74) is 1.45. The summed E-state index contributed by atoms with van der Waals surface area (Å²) in [6.45, 7) is 7.23. The minimum Gasteiger partial charge on any atom is -0.479 e. The van der Waals surface area contributed by atoms with Gasteiger partial charge in [-0.15, -0.1) is 0 Å². The van der Waals surface area contributed by atoms with E-state index in [1.807, 2.05) is 19.9 Å². The van der Waals surface area contributed by atoms with Gasteiger partial charge in [-0.3, -0.25) is 0 Å². The Labute approximate surface area is 193 Å². The van der Waals surface area contributed by atoms with Crippen molar-refractivity contribution in [3.05, 3.63) is 35.5 Å². The lowest BCUT2D eigenvalue weighted by atomic mass is 9.98. The predicted molar refractivity (Wildman–Crippen MR) is 118 cm³/mol. The highest BCUT2D eigenvalue weighted by atomic mass is 16.7. The topological polar surface area (TPSA) is 174 Å². The number of esters is 1. The first kappa shape index (κ1) is 29.0. The van der Waals surface area contributed by atoms with Gasteiger partial charge in [-0.1, -0.05) is 30.7 Å². The fraction of sp³-hybridized carbons (Fsp3) is 0.652. The van der Waals surface area contributed by atoms with Gasteiger partial charge in [0.1, 0.15) is 18.3 Å². The van der Waals surface area contributed by atoms with Crippen LogP contribution >= 0.6 is 0 Å². The summed E-state index contributed by atoms with van der Waals surface area (Å²) in [4.78, 5) is 23.1. The van der Waals surface area contributed by atoms with E-state index >= 15 is 0 Å². The number of ether oxygens (including phenoxy) is 2. The molecule has 0 bridgehead atoms. The first-order chi connectivity index (χ1) is 15.3. The van der Waals surface area contributed by atoms with Crippen LogP contribution in [0.4, 0.5) is 0 Å². The number of rotatable bonds is 11. The van der Waals surface area contributed by atoms with Crippen molar-refractivity contribution in [1.29, 1.82) is 0 Å². The Balaban J connectivity index is 2.58. The lowest BCUT2D eigenvalue weighted by Crippen LogP contribution is -2.60. The van der Waals surface area contributed by atoms with Crippen molar-refractivity contribution in [3.8, 4) is 0 Å². The molecule has 0 aromatic heterocycles. The molecule has 8 atom stereocenters. The van der Waals surface area contributed by atoms with E-state index < -0.39 is 48.7 Å². The van der Waals surface area contributed by atoms with Gasteiger partial charge in [0.25, 0.3) is 0 Å². The summed E-state index contributed by atoms with van der Waals surface area (Å²) in [6, 6.07) is 0. The number of carbonyl (C=O) groups excluding carboxylic acids is 1. The van der Waals surface area contributed by atoms with Crippen LogP contribution in [0.1, 0.15) is 47.0 Å². The fourth-order valence-corrected chi connectivity index (χ4v) is 3.01. The molecule has 0 spiro atoms. The minimum absolute atomic E-state index is 0.168. The zero-order chi connectivity index (χ0) is 25.3. The second-order valence-corrected chi connectivity index (χ2v) is 8.45. The Kier molecular flexibility index (Phi) is 11.9. The number of aliphatic carboxylic acids is 1. The number of carboxylic acids is 1. The number of carboxylic acid groups (broad SMARTS) is 1. The van der Waals surface area contributed by atoms with E-state index in [0.29, 0.717) is 12.0 Å². The molecule has 1 fully saturated rings. The second-order valence-electron chi connectivity index (χ2n) is 8.45. The first-order valence-corrected chi connectivity index (χ1v) is 10.9. The van der Waals surface area contributed by atoms with Crippen molar-refractivity contribution in [1.82, 2.24) is 0 Å². The van der Waals surface area contributed by atoms with Gasteiger partial charge in [-0.2, -0.15) is 0 Å². The van der Waals surface area contributed by atoms with Gasteiger partial charge in [0.2, 0.25) is 6.29 Å². The molecule has 1 rings (SSSR count). The van der Waals surface area contributed by atoms with Gasteiger partial charge in [-0.25, -0.2) is 9.59 Å². The van der Waals surface area contributed by atoms with E-state index in [1.165, 1.54) is 6.08 Å². The molecule has 1 aliphatic rings. The molecule has 1 heterocycles. The van der Waals surface area contributed by atoms with Gasteiger partial charge in [-0.05, 0) is 51.5 Å². The highest BCUT2D eigenvalue weighted by molar-refractivity contribution is 5.82. The Bertz CT molecular complexity index is 742. The summed E-state index contributed by atoms with van der Waals surface area (Å²) in [5.74, 6) is -2.37. The highest BCUT2D eigenvalue weighted by Gasteiger charge is 2.48. The lowest BCUT2D eigenvalue weighted by molar-refractivity contribution is -0.284. The number of aliphatic hydroxyl groups is 5. The normalized spacial score (nSPS) is 29.5. The van der Waals surface area contributed by atoms with Crippen LogP contribution in [0, 0.1) is 5.92 Å². The Morgan fingerprint density at radius 1 is 1.00 bits per heavy atom. The molecule has 0 radical (unpaired) electrons. The molecule has 6 N–H and O–H groups in total. The van der Waals surface area contributed by atoms with Gasteiger partial charge >= 0.3 is 11.9 Å². The van der Waals surface area contributed by atoms with Gasteiger partial charge < -0.3 is 40.1 Å². The third-order valence-corrected chi connectivity index (χ3v) is 5.63. The lowest BCUT2D eigenvalue weighted by Gasteiger charge is -2.37. The quantitative estimate of drug-likeness (QED) is 0.107. The largest absolute Gasteiger partial charge is 0.479 e. The molecule has 1 aliphatic heterocycles. The minimum atomic E-state index is -1.88. The Hall–Kier alpha value is -2.08. The molecule has 10 nitrogen and oxygen atoms in total. The molecule has 8 unspecified atom stereocenters. The van der Waals surface area contributed by atoms with Crippen LogP contribution in [0.3, 0.4) is 0 Å². The molecular formula is C23H36O10. The van der Waals surface area contributed by atoms with Crippen LogP contribution in [-0.2, 0) is 19.1 Å². The molecule has 1 saturated heterocycles. The maximum Gasteiger partial charge on any atom is 0.335 e. The monoisotopic (exact) mass is 472 g/mol. The summed E-state index contributed by atoms with van der Waals surface area (Å²) in [5, 5.41) is 58.0. The van der Waals surface area contributed by atoms with Crippen molar-refractivity contribution in [2.75, 3.05) is 0 Å². The average molecular weight is 473 g/mol. The number of carbonyl (C=O) groups is 2. The van der Waals surface area contributed by atoms with Gasteiger partial charge in [0, 0.05) is 6.08 Å². The molecule has 0 aromatic rings. The van der Waals surface area contributed by atoms with E-state index in [2.05, 4.69) is 0 Å². The van der Waals surface area contributed by atoms with Gasteiger partial charge in [0.05, 0.1) is 12.2 Å². The zero-order valence-corrected chi connectivity index (χ0v) is 19.4. The van der Waals surface area contributed by atoms with E-state index in [0.717, 1.165) is 24.5 Å². The third-order valence-electron chi connectivity index (χ3n) is 5.63. The standard InChI is InChI=1S/C23H36O10/c1-12(8-10-16(25)14(3)7-5-6-13(2)15(4)24)9-11-17(26)32-23-20(29)18(27)19(28)21(33-23)22(30)31/h7-9,11,13,15-16,18-21,23-25,27-29H,5-6,10H2,1-4H3,(H,30,31). The van der Waals surface area contributed by atoms with Crippen LogP contribution in [0.5, 0.6) is 0 Å². The molecule has 0 aromatic carbocycles. The van der Waals surface area contributed by atoms with Crippen LogP contribution in [0.2, 0.25) is 0 Å². The fourth-order valence-electron chi connectivity index (χ4n) is 3.01. The van der Waals surface area contributed by atoms with E-state index in [1.54, 1.807) is 19.9 Å². The molecule has 0 amide bonds. The predicted octanol–water partition coefficient (Wildman–Crippen LogP) is 0.419. The van der Waals surface area contributed by atoms with Crippen LogP contribution in [0.25, 0.3) is 0 Å². The summed E-state index contributed by atoms with van der Waals surface area (Å²) in [7, 11) is 0. The number of aliphatic hydroxyl groups excluding tert-OH is 5. The number of allylic oxidation sites excluding steroid dienone is 3. The number of hydrogen-bond acceptors (Lipinski definition) is 9. The summed E-state index contributed by atoms with van der Waals surface area (Å²) >= 11 is 0. The second kappa shape index (κ2) is 13.6. The molecule has 0 aliphatic carbocycles. The van der Waals surface area contributed by atoms with Gasteiger partial charge in [0.15, 0.2) is 6.10 Å². The van der Waals surface area contributed by atoms with Crippen molar-refractivity contribution in [2.45, 2.75) is 89.9 Å². The molecule has 33 heavy (non-hydrogen) atoms. The Morgan fingerprint density at radius 2 is 1.64 bits per heavy atom. The van der Waals surface area contributed by atoms with Crippen molar-refractivity contribution in [3.63, 3.8) is 0 Å². The van der Waals surface area contributed by atoms with Crippen molar-refractivity contribution < 1.29 is 49.7 Å². The average Bonchev–Trinajstić information content (AvgIpc) is 2.75.